The van der Waals surface area contributed by atoms with Crippen molar-refractivity contribution >= 4 is 28.0 Å². The van der Waals surface area contributed by atoms with E-state index < -0.39 is 6.09 Å². The molecule has 4 heterocycles. The number of amides is 1. The van der Waals surface area contributed by atoms with E-state index in [0.717, 1.165) is 40.6 Å². The van der Waals surface area contributed by atoms with Crippen LogP contribution in [0.15, 0.2) is 42.7 Å². The average molecular weight is 374 g/mol. The summed E-state index contributed by atoms with van der Waals surface area (Å²) in [5.41, 5.74) is 6.82. The van der Waals surface area contributed by atoms with Crippen LogP contribution in [0, 0.1) is 6.92 Å². The summed E-state index contributed by atoms with van der Waals surface area (Å²) in [4.78, 5) is 23.8. The molecule has 1 aliphatic heterocycles. The standard InChI is InChI=1S/C22H22N4O2/c1-13-18-12-15(14-6-10-26(11-7-14)22(27)28)2-3-19(18)25-20(13)16-4-8-23-21-17(16)5-9-24-21/h2-5,8-9,12,14,25H,6-7,10-11H2,1H3,(H,23,24)(H,27,28). The van der Waals surface area contributed by atoms with Gasteiger partial charge in [-0.25, -0.2) is 9.78 Å². The summed E-state index contributed by atoms with van der Waals surface area (Å²) >= 11 is 0. The van der Waals surface area contributed by atoms with E-state index in [4.69, 9.17) is 5.11 Å². The number of piperidine rings is 1. The van der Waals surface area contributed by atoms with Crippen molar-refractivity contribution in [1.29, 1.82) is 0 Å². The lowest BCUT2D eigenvalue weighted by molar-refractivity contribution is 0.132. The Labute approximate surface area is 162 Å². The van der Waals surface area contributed by atoms with Crippen LogP contribution in [0.1, 0.15) is 29.9 Å². The van der Waals surface area contributed by atoms with Crippen molar-refractivity contribution < 1.29 is 9.90 Å². The van der Waals surface area contributed by atoms with Crippen LogP contribution in [-0.2, 0) is 0 Å². The summed E-state index contributed by atoms with van der Waals surface area (Å²) in [6.45, 7) is 3.37. The number of hydrogen-bond acceptors (Lipinski definition) is 2. The summed E-state index contributed by atoms with van der Waals surface area (Å²) in [7, 11) is 0. The predicted octanol–water partition coefficient (Wildman–Crippen LogP) is 4.88. The van der Waals surface area contributed by atoms with Gasteiger partial charge in [-0.1, -0.05) is 6.07 Å². The van der Waals surface area contributed by atoms with Crippen molar-refractivity contribution in [1.82, 2.24) is 19.9 Å². The van der Waals surface area contributed by atoms with Crippen LogP contribution < -0.4 is 0 Å². The molecule has 0 saturated carbocycles. The van der Waals surface area contributed by atoms with Gasteiger partial charge < -0.3 is 20.0 Å². The number of carboxylic acid groups (broad SMARTS) is 1. The van der Waals surface area contributed by atoms with E-state index in [1.54, 1.807) is 0 Å². The fourth-order valence-corrected chi connectivity index (χ4v) is 4.45. The number of H-pyrrole nitrogens is 2. The average Bonchev–Trinajstić information content (AvgIpc) is 3.32. The van der Waals surface area contributed by atoms with Gasteiger partial charge in [-0.15, -0.1) is 0 Å². The molecule has 0 unspecified atom stereocenters. The Hall–Kier alpha value is -3.28. The van der Waals surface area contributed by atoms with E-state index in [2.05, 4.69) is 52.2 Å². The topological polar surface area (TPSA) is 85.0 Å². The molecule has 1 aromatic carbocycles. The number of aromatic nitrogens is 3. The van der Waals surface area contributed by atoms with Gasteiger partial charge in [0.15, 0.2) is 0 Å². The van der Waals surface area contributed by atoms with Crippen LogP contribution in [0.4, 0.5) is 4.79 Å². The molecule has 0 spiro atoms. The molecule has 28 heavy (non-hydrogen) atoms. The van der Waals surface area contributed by atoms with Crippen molar-refractivity contribution in [2.75, 3.05) is 13.1 Å². The fourth-order valence-electron chi connectivity index (χ4n) is 4.45. The van der Waals surface area contributed by atoms with E-state index in [1.165, 1.54) is 21.4 Å². The van der Waals surface area contributed by atoms with Crippen LogP contribution >= 0.6 is 0 Å². The highest BCUT2D eigenvalue weighted by Gasteiger charge is 2.24. The highest BCUT2D eigenvalue weighted by atomic mass is 16.4. The molecule has 1 fully saturated rings. The Balaban J connectivity index is 1.52. The molecule has 3 aromatic heterocycles. The second kappa shape index (κ2) is 6.41. The highest BCUT2D eigenvalue weighted by molar-refractivity contribution is 5.98. The molecule has 1 amide bonds. The third-order valence-electron chi connectivity index (χ3n) is 6.05. The van der Waals surface area contributed by atoms with Gasteiger partial charge in [-0.3, -0.25) is 0 Å². The van der Waals surface area contributed by atoms with Gasteiger partial charge in [-0.2, -0.15) is 0 Å². The van der Waals surface area contributed by atoms with E-state index in [-0.39, 0.29) is 0 Å². The molecule has 6 heteroatoms. The first kappa shape index (κ1) is 16.9. The van der Waals surface area contributed by atoms with Gasteiger partial charge in [0.1, 0.15) is 5.65 Å². The van der Waals surface area contributed by atoms with Crippen molar-refractivity contribution in [3.8, 4) is 11.3 Å². The smallest absolute Gasteiger partial charge is 0.407 e. The maximum absolute atomic E-state index is 11.1. The lowest BCUT2D eigenvalue weighted by Gasteiger charge is -2.30. The molecule has 0 aliphatic carbocycles. The molecule has 0 atom stereocenters. The number of nitrogens with one attached hydrogen (secondary N) is 2. The van der Waals surface area contributed by atoms with E-state index in [9.17, 15) is 4.79 Å². The second-order valence-corrected chi connectivity index (χ2v) is 7.57. The van der Waals surface area contributed by atoms with Crippen LogP contribution in [0.25, 0.3) is 33.2 Å². The first-order valence-corrected chi connectivity index (χ1v) is 9.64. The first-order valence-electron chi connectivity index (χ1n) is 9.64. The molecular weight excluding hydrogens is 352 g/mol. The third kappa shape index (κ3) is 2.64. The molecule has 4 aromatic rings. The zero-order valence-corrected chi connectivity index (χ0v) is 15.7. The van der Waals surface area contributed by atoms with Crippen LogP contribution in [0.5, 0.6) is 0 Å². The Morgan fingerprint density at radius 2 is 2.00 bits per heavy atom. The minimum absolute atomic E-state index is 0.412. The van der Waals surface area contributed by atoms with Crippen molar-refractivity contribution in [2.45, 2.75) is 25.7 Å². The summed E-state index contributed by atoms with van der Waals surface area (Å²) in [6.07, 6.45) is 4.69. The molecule has 5 rings (SSSR count). The SMILES string of the molecule is Cc1c(-c2ccnc3[nH]ccc23)[nH]c2ccc(C3CCN(C(=O)O)CC3)cc12. The summed E-state index contributed by atoms with van der Waals surface area (Å²) in [6, 6.07) is 10.7. The molecule has 3 N–H and O–H groups in total. The zero-order chi connectivity index (χ0) is 19.3. The quantitative estimate of drug-likeness (QED) is 0.468. The summed E-state index contributed by atoms with van der Waals surface area (Å²) < 4.78 is 0. The second-order valence-electron chi connectivity index (χ2n) is 7.57. The molecule has 1 aliphatic rings. The predicted molar refractivity (Wildman–Crippen MR) is 110 cm³/mol. The maximum Gasteiger partial charge on any atom is 0.407 e. The van der Waals surface area contributed by atoms with Crippen LogP contribution in [0.3, 0.4) is 0 Å². The van der Waals surface area contributed by atoms with Crippen molar-refractivity contribution in [2.24, 2.45) is 0 Å². The Morgan fingerprint density at radius 1 is 1.18 bits per heavy atom. The lowest BCUT2D eigenvalue weighted by atomic mass is 9.88. The number of pyridine rings is 1. The van der Waals surface area contributed by atoms with Gasteiger partial charge in [-0.05, 0) is 61.1 Å². The number of rotatable bonds is 2. The molecule has 1 saturated heterocycles. The minimum Gasteiger partial charge on any atom is -0.465 e. The van der Waals surface area contributed by atoms with Crippen molar-refractivity contribution in [3.05, 3.63) is 53.9 Å². The van der Waals surface area contributed by atoms with Gasteiger partial charge >= 0.3 is 6.09 Å². The number of fused-ring (bicyclic) bond motifs is 2. The lowest BCUT2D eigenvalue weighted by Crippen LogP contribution is -2.36. The highest BCUT2D eigenvalue weighted by Crippen LogP contribution is 2.36. The monoisotopic (exact) mass is 374 g/mol. The maximum atomic E-state index is 11.1. The molecule has 0 radical (unpaired) electrons. The number of nitrogens with zero attached hydrogens (tertiary/aromatic N) is 2. The van der Waals surface area contributed by atoms with E-state index >= 15 is 0 Å². The van der Waals surface area contributed by atoms with Gasteiger partial charge in [0.25, 0.3) is 0 Å². The number of hydrogen-bond donors (Lipinski definition) is 3. The van der Waals surface area contributed by atoms with Crippen LogP contribution in [-0.4, -0.2) is 44.1 Å². The van der Waals surface area contributed by atoms with Gasteiger partial charge in [0.2, 0.25) is 0 Å². The Morgan fingerprint density at radius 3 is 2.79 bits per heavy atom. The minimum atomic E-state index is -0.812. The zero-order valence-electron chi connectivity index (χ0n) is 15.7. The largest absolute Gasteiger partial charge is 0.465 e. The van der Waals surface area contributed by atoms with Crippen LogP contribution in [0.2, 0.25) is 0 Å². The Kier molecular flexibility index (Phi) is 3.86. The van der Waals surface area contributed by atoms with E-state index in [1.807, 2.05) is 12.4 Å². The molecule has 0 bridgehead atoms. The summed E-state index contributed by atoms with van der Waals surface area (Å²) in [5, 5.41) is 11.5. The third-order valence-corrected chi connectivity index (χ3v) is 6.05. The van der Waals surface area contributed by atoms with E-state index in [0.29, 0.717) is 19.0 Å². The molecule has 6 nitrogen and oxygen atoms in total. The number of aromatic amines is 2. The summed E-state index contributed by atoms with van der Waals surface area (Å²) in [5.74, 6) is 0.412. The number of aryl methyl sites for hydroxylation is 1. The van der Waals surface area contributed by atoms with Crippen molar-refractivity contribution in [3.63, 3.8) is 0 Å². The molecule has 142 valence electrons. The number of carbonyl (C=O) groups is 1. The number of benzene rings is 1. The normalized spacial score (nSPS) is 15.5. The number of likely N-dealkylation sites (tertiary alicyclic amines) is 1. The fraction of sp³-hybridized carbons (Fsp3) is 0.273. The van der Waals surface area contributed by atoms with Gasteiger partial charge in [0, 0.05) is 47.3 Å². The first-order chi connectivity index (χ1) is 13.6. The Bertz CT molecular complexity index is 1180. The van der Waals surface area contributed by atoms with Gasteiger partial charge in [0.05, 0.1) is 5.69 Å². The molecular formula is C22H22N4O2.